The zero-order valence-electron chi connectivity index (χ0n) is 12.7. The molecule has 0 saturated carbocycles. The average Bonchev–Trinajstić information content (AvgIpc) is 2.44. The zero-order valence-corrected chi connectivity index (χ0v) is 13.5. The van der Waals surface area contributed by atoms with E-state index in [4.69, 9.17) is 0 Å². The van der Waals surface area contributed by atoms with Crippen molar-refractivity contribution in [3.8, 4) is 0 Å². The molecule has 21 heavy (non-hydrogen) atoms. The van der Waals surface area contributed by atoms with E-state index in [-0.39, 0.29) is 24.6 Å². The van der Waals surface area contributed by atoms with E-state index >= 15 is 0 Å². The number of piperidine rings is 1. The minimum atomic E-state index is -3.57. The second-order valence-electron chi connectivity index (χ2n) is 5.87. The van der Waals surface area contributed by atoms with Crippen molar-refractivity contribution in [3.63, 3.8) is 0 Å². The number of nitrogens with zero attached hydrogens (tertiary/aromatic N) is 1. The van der Waals surface area contributed by atoms with Crippen molar-refractivity contribution < 1.29 is 27.9 Å². The second-order valence-corrected chi connectivity index (χ2v) is 7.95. The van der Waals surface area contributed by atoms with Crippen molar-refractivity contribution in [2.75, 3.05) is 26.0 Å². The van der Waals surface area contributed by atoms with Crippen LogP contribution in [0.25, 0.3) is 0 Å². The summed E-state index contributed by atoms with van der Waals surface area (Å²) >= 11 is 0. The molecular formula is C13H23NO6S. The van der Waals surface area contributed by atoms with Crippen LogP contribution in [0.4, 0.5) is 0 Å². The fourth-order valence-corrected chi connectivity index (χ4v) is 3.90. The first-order valence-electron chi connectivity index (χ1n) is 6.89. The van der Waals surface area contributed by atoms with Crippen LogP contribution in [-0.4, -0.2) is 55.7 Å². The summed E-state index contributed by atoms with van der Waals surface area (Å²) in [6.45, 7) is 3.79. The van der Waals surface area contributed by atoms with Crippen LogP contribution in [0.5, 0.6) is 0 Å². The Kier molecular flexibility index (Phi) is 5.75. The van der Waals surface area contributed by atoms with Crippen LogP contribution in [0.15, 0.2) is 0 Å². The Morgan fingerprint density at radius 1 is 1.38 bits per heavy atom. The Bertz CT molecular complexity index is 499. The molecule has 1 atom stereocenters. The number of aliphatic carboxylic acids is 1. The first-order valence-corrected chi connectivity index (χ1v) is 8.50. The molecule has 0 amide bonds. The predicted molar refractivity (Wildman–Crippen MR) is 76.1 cm³/mol. The first-order chi connectivity index (χ1) is 9.61. The maximum Gasteiger partial charge on any atom is 0.309 e. The van der Waals surface area contributed by atoms with Crippen molar-refractivity contribution in [1.29, 1.82) is 0 Å². The van der Waals surface area contributed by atoms with Gasteiger partial charge >= 0.3 is 11.9 Å². The van der Waals surface area contributed by atoms with Gasteiger partial charge in [-0.3, -0.25) is 9.59 Å². The number of carboxylic acid groups (broad SMARTS) is 1. The number of hydrogen-bond donors (Lipinski definition) is 1. The molecule has 1 saturated heterocycles. The Morgan fingerprint density at radius 2 is 2.00 bits per heavy atom. The zero-order chi connectivity index (χ0) is 16.3. The highest BCUT2D eigenvalue weighted by atomic mass is 32.2. The lowest BCUT2D eigenvalue weighted by atomic mass is 9.75. The van der Waals surface area contributed by atoms with Gasteiger partial charge in [0.1, 0.15) is 0 Å². The number of rotatable bonds is 6. The number of carboxylic acids is 1. The molecule has 0 radical (unpaired) electrons. The second kappa shape index (κ2) is 6.74. The smallest absolute Gasteiger partial charge is 0.309 e. The SMILES string of the molecule is COC(=O)CCS(=O)(=O)N1CCCC(C(C)(C)C(=O)O)C1. The number of esters is 1. The molecule has 122 valence electrons. The Labute approximate surface area is 125 Å². The largest absolute Gasteiger partial charge is 0.481 e. The molecule has 0 aromatic rings. The fraction of sp³-hybridized carbons (Fsp3) is 0.846. The molecule has 1 heterocycles. The lowest BCUT2D eigenvalue weighted by Crippen LogP contribution is -2.47. The third-order valence-electron chi connectivity index (χ3n) is 4.14. The fourth-order valence-electron chi connectivity index (χ4n) is 2.40. The van der Waals surface area contributed by atoms with Gasteiger partial charge < -0.3 is 9.84 Å². The lowest BCUT2D eigenvalue weighted by molar-refractivity contribution is -0.151. The van der Waals surface area contributed by atoms with Gasteiger partial charge in [-0.05, 0) is 32.6 Å². The van der Waals surface area contributed by atoms with Crippen LogP contribution in [-0.2, 0) is 24.3 Å². The van der Waals surface area contributed by atoms with Crippen LogP contribution in [0.3, 0.4) is 0 Å². The third kappa shape index (κ3) is 4.41. The van der Waals surface area contributed by atoms with Gasteiger partial charge in [-0.2, -0.15) is 0 Å². The number of carbonyl (C=O) groups excluding carboxylic acids is 1. The Balaban J connectivity index is 2.76. The highest BCUT2D eigenvalue weighted by Crippen LogP contribution is 2.35. The normalized spacial score (nSPS) is 21.0. The number of hydrogen-bond acceptors (Lipinski definition) is 5. The summed E-state index contributed by atoms with van der Waals surface area (Å²) in [5.74, 6) is -2.05. The van der Waals surface area contributed by atoms with E-state index in [0.29, 0.717) is 19.4 Å². The minimum absolute atomic E-state index is 0.183. The highest BCUT2D eigenvalue weighted by molar-refractivity contribution is 7.89. The van der Waals surface area contributed by atoms with Gasteiger partial charge in [0.05, 0.1) is 24.7 Å². The molecule has 0 aliphatic carbocycles. The van der Waals surface area contributed by atoms with Crippen molar-refractivity contribution in [1.82, 2.24) is 4.31 Å². The Hall–Kier alpha value is -1.15. The standard InChI is InChI=1S/C13H23NO6S/c1-13(2,12(16)17)10-5-4-7-14(9-10)21(18,19)8-6-11(15)20-3/h10H,4-9H2,1-3H3,(H,16,17). The van der Waals surface area contributed by atoms with Gasteiger partial charge in [-0.15, -0.1) is 0 Å². The molecule has 0 spiro atoms. The molecule has 7 nitrogen and oxygen atoms in total. The number of carbonyl (C=O) groups is 2. The molecule has 1 N–H and O–H groups in total. The van der Waals surface area contributed by atoms with Gasteiger partial charge in [0.15, 0.2) is 0 Å². The summed E-state index contributed by atoms with van der Waals surface area (Å²) in [6.07, 6.45) is 1.11. The van der Waals surface area contributed by atoms with Gasteiger partial charge in [0, 0.05) is 13.1 Å². The topological polar surface area (TPSA) is 101 Å². The molecule has 0 bridgehead atoms. The first kappa shape index (κ1) is 17.9. The highest BCUT2D eigenvalue weighted by Gasteiger charge is 2.41. The maximum absolute atomic E-state index is 12.2. The summed E-state index contributed by atoms with van der Waals surface area (Å²) in [7, 11) is -2.36. The molecule has 0 aromatic heterocycles. The van der Waals surface area contributed by atoms with Crippen molar-refractivity contribution >= 4 is 22.0 Å². The van der Waals surface area contributed by atoms with Gasteiger partial charge in [-0.25, -0.2) is 12.7 Å². The third-order valence-corrected chi connectivity index (χ3v) is 5.98. The summed E-state index contributed by atoms with van der Waals surface area (Å²) in [6, 6.07) is 0. The van der Waals surface area contributed by atoms with E-state index < -0.39 is 27.4 Å². The molecule has 1 rings (SSSR count). The maximum atomic E-state index is 12.2. The summed E-state index contributed by atoms with van der Waals surface area (Å²) in [4.78, 5) is 22.4. The van der Waals surface area contributed by atoms with E-state index in [1.54, 1.807) is 13.8 Å². The van der Waals surface area contributed by atoms with Crippen LogP contribution in [0.2, 0.25) is 0 Å². The summed E-state index contributed by atoms with van der Waals surface area (Å²) in [5, 5.41) is 9.26. The van der Waals surface area contributed by atoms with Gasteiger partial charge in [0.2, 0.25) is 10.0 Å². The van der Waals surface area contributed by atoms with E-state index in [1.807, 2.05) is 0 Å². The van der Waals surface area contributed by atoms with Crippen LogP contribution >= 0.6 is 0 Å². The average molecular weight is 321 g/mol. The quantitative estimate of drug-likeness (QED) is 0.723. The number of ether oxygens (including phenoxy) is 1. The Morgan fingerprint density at radius 3 is 2.52 bits per heavy atom. The van der Waals surface area contributed by atoms with Gasteiger partial charge in [0.25, 0.3) is 0 Å². The lowest BCUT2D eigenvalue weighted by Gasteiger charge is -2.38. The van der Waals surface area contributed by atoms with E-state index in [2.05, 4.69) is 4.74 Å². The molecule has 8 heteroatoms. The van der Waals surface area contributed by atoms with Crippen LogP contribution in [0, 0.1) is 11.3 Å². The van der Waals surface area contributed by atoms with Crippen molar-refractivity contribution in [2.24, 2.45) is 11.3 Å². The molecule has 1 fully saturated rings. The van der Waals surface area contributed by atoms with Crippen LogP contribution in [0.1, 0.15) is 33.1 Å². The molecule has 1 aliphatic heterocycles. The van der Waals surface area contributed by atoms with Crippen molar-refractivity contribution in [2.45, 2.75) is 33.1 Å². The van der Waals surface area contributed by atoms with E-state index in [0.717, 1.165) is 0 Å². The van der Waals surface area contributed by atoms with Crippen LogP contribution < -0.4 is 0 Å². The monoisotopic (exact) mass is 321 g/mol. The van der Waals surface area contributed by atoms with Crippen molar-refractivity contribution in [3.05, 3.63) is 0 Å². The van der Waals surface area contributed by atoms with E-state index in [1.165, 1.54) is 11.4 Å². The molecule has 1 unspecified atom stereocenters. The molecule has 0 aromatic carbocycles. The molecule has 1 aliphatic rings. The molecular weight excluding hydrogens is 298 g/mol. The predicted octanol–water partition coefficient (Wildman–Crippen LogP) is 0.702. The number of methoxy groups -OCH3 is 1. The minimum Gasteiger partial charge on any atom is -0.481 e. The number of sulfonamides is 1. The van der Waals surface area contributed by atoms with Gasteiger partial charge in [-0.1, -0.05) is 0 Å². The van der Waals surface area contributed by atoms with E-state index in [9.17, 15) is 23.1 Å². The summed E-state index contributed by atoms with van der Waals surface area (Å²) < 4.78 is 30.2. The summed E-state index contributed by atoms with van der Waals surface area (Å²) in [5.41, 5.74) is -0.976.